The summed E-state index contributed by atoms with van der Waals surface area (Å²) < 4.78 is 11.1. The largest absolute Gasteiger partial charge is 0.468 e. The first-order chi connectivity index (χ1) is 30.9. The van der Waals surface area contributed by atoms with Crippen LogP contribution in [0.5, 0.6) is 0 Å². The molecule has 6 rings (SSSR count). The number of methoxy groups -OCH3 is 1. The lowest BCUT2D eigenvalue weighted by atomic mass is 9.84. The van der Waals surface area contributed by atoms with Gasteiger partial charge >= 0.3 is 11.9 Å². The Bertz CT molecular complexity index is 2520. The number of carbonyl (C=O) groups excluding carboxylic acids is 4. The second-order valence-electron chi connectivity index (χ2n) is 19.9. The Morgan fingerprint density at radius 1 is 0.815 bits per heavy atom. The molecule has 0 saturated carbocycles. The third-order valence-corrected chi connectivity index (χ3v) is 14.5. The number of hydrogen-bond donors (Lipinski definition) is 2. The maximum Gasteiger partial charge on any atom is 0.321 e. The molecule has 5 heterocycles. The molecule has 6 atom stereocenters. The molecule has 1 unspecified atom stereocenters. The van der Waals surface area contributed by atoms with Crippen LogP contribution in [0.25, 0.3) is 27.6 Å². The summed E-state index contributed by atoms with van der Waals surface area (Å²) in [5, 5.41) is 0. The summed E-state index contributed by atoms with van der Waals surface area (Å²) in [7, 11) is 1.29. The Kier molecular flexibility index (Phi) is 16.3. The van der Waals surface area contributed by atoms with Gasteiger partial charge in [-0.3, -0.25) is 29.1 Å². The van der Waals surface area contributed by atoms with Crippen molar-refractivity contribution < 1.29 is 28.7 Å². The molecule has 2 N–H and O–H groups in total. The van der Waals surface area contributed by atoms with E-state index in [1.54, 1.807) is 6.92 Å². The van der Waals surface area contributed by atoms with Gasteiger partial charge in [-0.25, -0.2) is 0 Å². The van der Waals surface area contributed by atoms with Gasteiger partial charge in [-0.05, 0) is 113 Å². The molecule has 0 spiro atoms. The van der Waals surface area contributed by atoms with Crippen LogP contribution in [-0.4, -0.2) is 57.2 Å². The molecule has 65 heavy (non-hydrogen) atoms. The molecule has 0 radical (unpaired) electrons. The summed E-state index contributed by atoms with van der Waals surface area (Å²) in [6, 6.07) is 5.87. The number of hydrogen-bond acceptors (Lipinski definition) is 8. The number of esters is 2. The first-order valence-corrected chi connectivity index (χ1v) is 24.3. The second-order valence-corrected chi connectivity index (χ2v) is 19.9. The first-order valence-electron chi connectivity index (χ1n) is 24.3. The lowest BCUT2D eigenvalue weighted by Crippen LogP contribution is -2.21. The fourth-order valence-corrected chi connectivity index (χ4v) is 10.4. The average Bonchev–Trinajstić information content (AvgIpc) is 4.00. The fraction of sp³-hybridized carbons (Fsp3) is 0.564. The van der Waals surface area contributed by atoms with Crippen molar-refractivity contribution in [3.8, 4) is 0 Å². The SMILES string of the molecule is C/C=C1\c2cc3[nH]c4c(c3C)C(=O)[C@H](C(=O)OC)c4c3nc(cc4[nH]c(cc(n2)C1C)c(C(C)=O)c4C)[C@@H](C)[C@@H]3CCC(=O)OC/C=C(\C)CCC[C@H](C)CCC[C@H](C)CCCC(C)C. The van der Waals surface area contributed by atoms with Gasteiger partial charge in [-0.15, -0.1) is 0 Å². The van der Waals surface area contributed by atoms with Crippen LogP contribution in [0.2, 0.25) is 0 Å². The number of aromatic amines is 2. The number of rotatable bonds is 19. The zero-order chi connectivity index (χ0) is 47.3. The number of aryl methyl sites for hydroxylation is 2. The van der Waals surface area contributed by atoms with Crippen molar-refractivity contribution in [2.45, 2.75) is 170 Å². The van der Waals surface area contributed by atoms with E-state index in [1.807, 2.05) is 51.1 Å². The van der Waals surface area contributed by atoms with E-state index in [4.69, 9.17) is 19.4 Å². The number of aromatic nitrogens is 4. The minimum Gasteiger partial charge on any atom is -0.468 e. The number of H-pyrrole nitrogens is 2. The van der Waals surface area contributed by atoms with Crippen LogP contribution in [0.4, 0.5) is 0 Å². The minimum atomic E-state index is -1.22. The highest BCUT2D eigenvalue weighted by molar-refractivity contribution is 6.23. The van der Waals surface area contributed by atoms with E-state index in [0.717, 1.165) is 52.7 Å². The van der Waals surface area contributed by atoms with E-state index in [1.165, 1.54) is 57.6 Å². The van der Waals surface area contributed by atoms with Crippen LogP contribution in [0.1, 0.15) is 217 Å². The average molecular weight is 887 g/mol. The third-order valence-electron chi connectivity index (χ3n) is 14.5. The molecule has 0 saturated heterocycles. The number of ketones is 2. The highest BCUT2D eigenvalue weighted by Gasteiger charge is 2.45. The van der Waals surface area contributed by atoms with Crippen LogP contribution in [0.3, 0.4) is 0 Å². The molecule has 350 valence electrons. The van der Waals surface area contributed by atoms with Crippen molar-refractivity contribution in [3.63, 3.8) is 0 Å². The van der Waals surface area contributed by atoms with Crippen molar-refractivity contribution in [1.82, 2.24) is 19.9 Å². The first kappa shape index (κ1) is 49.3. The van der Waals surface area contributed by atoms with Gasteiger partial charge in [0.2, 0.25) is 0 Å². The van der Waals surface area contributed by atoms with E-state index in [9.17, 15) is 19.2 Å². The smallest absolute Gasteiger partial charge is 0.321 e. The predicted octanol–water partition coefficient (Wildman–Crippen LogP) is 13.4. The maximum atomic E-state index is 14.4. The topological polar surface area (TPSA) is 144 Å². The van der Waals surface area contributed by atoms with Crippen LogP contribution < -0.4 is 0 Å². The molecule has 3 aromatic rings. The molecule has 10 heteroatoms. The maximum absolute atomic E-state index is 14.4. The van der Waals surface area contributed by atoms with Crippen LogP contribution in [-0.2, 0) is 19.1 Å². The molecule has 8 bridgehead atoms. The minimum absolute atomic E-state index is 0.0485. The summed E-state index contributed by atoms with van der Waals surface area (Å²) in [4.78, 5) is 72.0. The van der Waals surface area contributed by atoms with Gasteiger partial charge in [0, 0.05) is 57.6 Å². The van der Waals surface area contributed by atoms with Crippen molar-refractivity contribution in [3.05, 3.63) is 86.5 Å². The molecule has 0 fully saturated rings. The summed E-state index contributed by atoms with van der Waals surface area (Å²) in [5.41, 5.74) is 10.7. The lowest BCUT2D eigenvalue weighted by Gasteiger charge is -2.18. The number of Topliss-reactive ketones (excluding diaryl/α,β-unsaturated/α-hetero) is 2. The lowest BCUT2D eigenvalue weighted by molar-refractivity contribution is -0.143. The highest BCUT2D eigenvalue weighted by Crippen LogP contribution is 2.48. The zero-order valence-corrected chi connectivity index (χ0v) is 41.3. The van der Waals surface area contributed by atoms with Gasteiger partial charge in [0.1, 0.15) is 12.5 Å². The Morgan fingerprint density at radius 2 is 1.46 bits per heavy atom. The Balaban J connectivity index is 1.25. The third kappa shape index (κ3) is 11.0. The standard InChI is InChI=1S/C55H74N4O6/c1-13-39-34(7)41-29-46-48(38(11)60)36(9)43(57-46)27-42-35(8)40(52(58-42)50-51(55(63)64-12)54(62)49-37(10)44(59-53(49)50)28-45(39)56-41)23-24-47(61)65-26-25-33(6)22-16-21-32(5)20-15-19-31(4)18-14-17-30(2)3/h13,25,27-32,34-35,40,51,57,59H,14-24,26H2,1-12H3/b33-25+,39-13-,41-29?,42-27?,43-27?,44-28?,45-28?,46-29?,52-50?/t31-,32-,34?,35+,40+,51-/m1/s1. The van der Waals surface area contributed by atoms with Crippen molar-refractivity contribution in [2.24, 2.45) is 17.8 Å². The number of allylic oxidation sites excluding steroid dienone is 3. The second kappa shape index (κ2) is 21.5. The van der Waals surface area contributed by atoms with E-state index in [2.05, 4.69) is 58.4 Å². The van der Waals surface area contributed by atoms with Crippen LogP contribution in [0, 0.1) is 31.6 Å². The van der Waals surface area contributed by atoms with Crippen molar-refractivity contribution in [2.75, 3.05) is 13.7 Å². The predicted molar refractivity (Wildman–Crippen MR) is 261 cm³/mol. The molecule has 2 aliphatic heterocycles. The zero-order valence-electron chi connectivity index (χ0n) is 41.3. The molecule has 0 aromatic carbocycles. The number of ether oxygens (including phenoxy) is 2. The highest BCUT2D eigenvalue weighted by atomic mass is 16.5. The fourth-order valence-electron chi connectivity index (χ4n) is 10.4. The number of carbonyl (C=O) groups is 4. The summed E-state index contributed by atoms with van der Waals surface area (Å²) in [6.45, 7) is 23.2. The van der Waals surface area contributed by atoms with Gasteiger partial charge in [0.25, 0.3) is 0 Å². The van der Waals surface area contributed by atoms with E-state index in [0.29, 0.717) is 62.5 Å². The van der Waals surface area contributed by atoms with E-state index >= 15 is 0 Å². The molecule has 10 nitrogen and oxygen atoms in total. The Labute approximate surface area is 386 Å². The van der Waals surface area contributed by atoms with Gasteiger partial charge in [-0.1, -0.05) is 98.1 Å². The Morgan fingerprint density at radius 3 is 2.11 bits per heavy atom. The molecular formula is C55H74N4O6. The molecular weight excluding hydrogens is 813 g/mol. The number of nitrogens with zero attached hydrogens (tertiary/aromatic N) is 2. The Hall–Kier alpha value is -5.12. The van der Waals surface area contributed by atoms with Crippen molar-refractivity contribution >= 4 is 51.1 Å². The summed E-state index contributed by atoms with van der Waals surface area (Å²) >= 11 is 0. The van der Waals surface area contributed by atoms with Crippen LogP contribution >= 0.6 is 0 Å². The van der Waals surface area contributed by atoms with Gasteiger partial charge in [0.15, 0.2) is 11.6 Å². The monoisotopic (exact) mass is 887 g/mol. The molecule has 1 aliphatic carbocycles. The summed E-state index contributed by atoms with van der Waals surface area (Å²) in [5.74, 6) is -0.905. The van der Waals surface area contributed by atoms with Crippen LogP contribution in [0.15, 0.2) is 35.9 Å². The molecule has 0 amide bonds. The van der Waals surface area contributed by atoms with Gasteiger partial charge in [0.05, 0.1) is 35.2 Å². The normalized spacial score (nSPS) is 19.9. The molecule has 3 aromatic heterocycles. The molecule has 3 aliphatic rings. The van der Waals surface area contributed by atoms with E-state index in [-0.39, 0.29) is 48.3 Å². The van der Waals surface area contributed by atoms with Gasteiger partial charge < -0.3 is 19.4 Å². The quantitative estimate of drug-likeness (QED) is 0.0524. The van der Waals surface area contributed by atoms with Crippen molar-refractivity contribution in [1.29, 1.82) is 0 Å². The summed E-state index contributed by atoms with van der Waals surface area (Å²) in [6.07, 6.45) is 15.8. The number of nitrogens with one attached hydrogen (secondary N) is 2. The van der Waals surface area contributed by atoms with Gasteiger partial charge in [-0.2, -0.15) is 0 Å². The van der Waals surface area contributed by atoms with E-state index < -0.39 is 11.9 Å². The number of fused-ring (bicyclic) bond motifs is 8.